The van der Waals surface area contributed by atoms with Gasteiger partial charge in [0.15, 0.2) is 0 Å². The first-order valence-electron chi connectivity index (χ1n) is 6.84. The molecule has 5 nitrogen and oxygen atoms in total. The minimum Gasteiger partial charge on any atom is -0.496 e. The van der Waals surface area contributed by atoms with Crippen molar-refractivity contribution in [3.63, 3.8) is 0 Å². The Labute approximate surface area is 131 Å². The number of ether oxygens (including phenoxy) is 1. The van der Waals surface area contributed by atoms with Gasteiger partial charge in [-0.2, -0.15) is 0 Å². The maximum absolute atomic E-state index is 12.1. The van der Waals surface area contributed by atoms with Crippen LogP contribution in [-0.2, 0) is 16.1 Å². The lowest BCUT2D eigenvalue weighted by molar-refractivity contribution is -0.141. The van der Waals surface area contributed by atoms with Gasteiger partial charge in [-0.1, -0.05) is 6.07 Å². The van der Waals surface area contributed by atoms with Gasteiger partial charge in [0.25, 0.3) is 0 Å². The average Bonchev–Trinajstić information content (AvgIpc) is 2.95. The molecule has 1 aromatic rings. The number of nitrogens with one attached hydrogen (secondary N) is 1. The number of carbonyl (C=O) groups excluding carboxylic acids is 1. The first-order valence-corrected chi connectivity index (χ1v) is 7.63. The molecule has 1 aliphatic rings. The monoisotopic (exact) mass is 355 g/mol. The first kappa shape index (κ1) is 15.8. The zero-order chi connectivity index (χ0) is 15.4. The molecule has 0 saturated heterocycles. The van der Waals surface area contributed by atoms with Crippen molar-refractivity contribution in [2.24, 2.45) is 11.8 Å². The zero-order valence-corrected chi connectivity index (χ0v) is 13.4. The predicted molar refractivity (Wildman–Crippen MR) is 81.0 cm³/mol. The summed E-state index contributed by atoms with van der Waals surface area (Å²) >= 11 is 3.40. The Morgan fingerprint density at radius 1 is 1.38 bits per heavy atom. The van der Waals surface area contributed by atoms with Crippen LogP contribution in [0.3, 0.4) is 0 Å². The molecule has 2 atom stereocenters. The third kappa shape index (κ3) is 3.97. The molecule has 0 spiro atoms. The van der Waals surface area contributed by atoms with Crippen LogP contribution in [0.25, 0.3) is 0 Å². The van der Waals surface area contributed by atoms with E-state index in [0.717, 1.165) is 15.8 Å². The van der Waals surface area contributed by atoms with Crippen LogP contribution < -0.4 is 10.1 Å². The van der Waals surface area contributed by atoms with E-state index in [0.29, 0.717) is 25.8 Å². The van der Waals surface area contributed by atoms with E-state index in [1.807, 2.05) is 18.2 Å². The summed E-state index contributed by atoms with van der Waals surface area (Å²) < 4.78 is 5.99. The lowest BCUT2D eigenvalue weighted by atomic mass is 10.0. The molecule has 114 valence electrons. The van der Waals surface area contributed by atoms with E-state index in [1.54, 1.807) is 7.11 Å². The number of carboxylic acids is 1. The van der Waals surface area contributed by atoms with Gasteiger partial charge in [0.2, 0.25) is 5.91 Å². The minimum absolute atomic E-state index is 0.0642. The van der Waals surface area contributed by atoms with Crippen LogP contribution in [0.1, 0.15) is 24.8 Å². The second kappa shape index (κ2) is 6.93. The number of halogens is 1. The SMILES string of the molecule is COc1ccc(CNC(=O)[C@@H]2CC[C@H](C(=O)O)C2)cc1Br. The van der Waals surface area contributed by atoms with Crippen LogP contribution in [0.15, 0.2) is 22.7 Å². The third-order valence-electron chi connectivity index (χ3n) is 3.84. The lowest BCUT2D eigenvalue weighted by Crippen LogP contribution is -2.29. The van der Waals surface area contributed by atoms with Crippen molar-refractivity contribution in [2.75, 3.05) is 7.11 Å². The number of methoxy groups -OCH3 is 1. The van der Waals surface area contributed by atoms with Gasteiger partial charge in [-0.05, 0) is 52.9 Å². The van der Waals surface area contributed by atoms with Gasteiger partial charge in [0.05, 0.1) is 17.5 Å². The van der Waals surface area contributed by atoms with Crippen LogP contribution in [0.2, 0.25) is 0 Å². The molecule has 0 aliphatic heterocycles. The summed E-state index contributed by atoms with van der Waals surface area (Å²) in [6.07, 6.45) is 1.67. The Morgan fingerprint density at radius 2 is 2.10 bits per heavy atom. The molecule has 2 rings (SSSR count). The zero-order valence-electron chi connectivity index (χ0n) is 11.8. The van der Waals surface area contributed by atoms with Gasteiger partial charge in [-0.15, -0.1) is 0 Å². The molecule has 1 saturated carbocycles. The highest BCUT2D eigenvalue weighted by Crippen LogP contribution is 2.31. The van der Waals surface area contributed by atoms with Crippen LogP contribution in [-0.4, -0.2) is 24.1 Å². The maximum Gasteiger partial charge on any atom is 0.306 e. The number of carboxylic acid groups (broad SMARTS) is 1. The average molecular weight is 356 g/mol. The molecular formula is C15H18BrNO4. The topological polar surface area (TPSA) is 75.6 Å². The predicted octanol–water partition coefficient (Wildman–Crippen LogP) is 2.57. The van der Waals surface area contributed by atoms with Crippen molar-refractivity contribution in [3.05, 3.63) is 28.2 Å². The lowest BCUT2D eigenvalue weighted by Gasteiger charge is -2.12. The Hall–Kier alpha value is -1.56. The van der Waals surface area contributed by atoms with E-state index in [4.69, 9.17) is 9.84 Å². The fourth-order valence-corrected chi connectivity index (χ4v) is 3.19. The Bertz CT molecular complexity index is 546. The van der Waals surface area contributed by atoms with Gasteiger partial charge in [-0.3, -0.25) is 9.59 Å². The molecular weight excluding hydrogens is 338 g/mol. The van der Waals surface area contributed by atoms with E-state index in [-0.39, 0.29) is 17.7 Å². The highest BCUT2D eigenvalue weighted by Gasteiger charge is 2.33. The van der Waals surface area contributed by atoms with E-state index in [2.05, 4.69) is 21.2 Å². The summed E-state index contributed by atoms with van der Waals surface area (Å²) in [5.74, 6) is -0.691. The number of carbonyl (C=O) groups is 2. The smallest absolute Gasteiger partial charge is 0.306 e. The molecule has 0 unspecified atom stereocenters. The third-order valence-corrected chi connectivity index (χ3v) is 4.46. The summed E-state index contributed by atoms with van der Waals surface area (Å²) in [5, 5.41) is 11.8. The summed E-state index contributed by atoms with van der Waals surface area (Å²) in [5.41, 5.74) is 0.962. The summed E-state index contributed by atoms with van der Waals surface area (Å²) in [7, 11) is 1.60. The molecule has 0 bridgehead atoms. The van der Waals surface area contributed by atoms with Gasteiger partial charge >= 0.3 is 5.97 Å². The standard InChI is InChI=1S/C15H18BrNO4/c1-21-13-5-2-9(6-12(13)16)8-17-14(18)10-3-4-11(7-10)15(19)20/h2,5-6,10-11H,3-4,7-8H2,1H3,(H,17,18)(H,19,20)/t10-,11+/m1/s1. The second-order valence-corrected chi connectivity index (χ2v) is 6.09. The number of aliphatic carboxylic acids is 1. The quantitative estimate of drug-likeness (QED) is 0.850. The fraction of sp³-hybridized carbons (Fsp3) is 0.467. The van der Waals surface area contributed by atoms with Gasteiger partial charge in [0.1, 0.15) is 5.75 Å². The van der Waals surface area contributed by atoms with Crippen molar-refractivity contribution >= 4 is 27.8 Å². The summed E-state index contributed by atoms with van der Waals surface area (Å²) in [6.45, 7) is 0.426. The number of benzene rings is 1. The highest BCUT2D eigenvalue weighted by atomic mass is 79.9. The molecule has 1 aliphatic carbocycles. The minimum atomic E-state index is -0.801. The molecule has 1 fully saturated rings. The van der Waals surface area contributed by atoms with Crippen molar-refractivity contribution in [1.82, 2.24) is 5.32 Å². The van der Waals surface area contributed by atoms with Crippen LogP contribution in [0.5, 0.6) is 5.75 Å². The van der Waals surface area contributed by atoms with Gasteiger partial charge in [-0.25, -0.2) is 0 Å². The Kier molecular flexibility index (Phi) is 5.22. The van der Waals surface area contributed by atoms with Crippen molar-refractivity contribution in [1.29, 1.82) is 0 Å². The van der Waals surface area contributed by atoms with Crippen molar-refractivity contribution < 1.29 is 19.4 Å². The molecule has 0 aromatic heterocycles. The molecule has 0 heterocycles. The van der Waals surface area contributed by atoms with Crippen LogP contribution in [0.4, 0.5) is 0 Å². The summed E-state index contributed by atoms with van der Waals surface area (Å²) in [4.78, 5) is 23.0. The molecule has 0 radical (unpaired) electrons. The van der Waals surface area contributed by atoms with E-state index in [1.165, 1.54) is 0 Å². The number of hydrogen-bond acceptors (Lipinski definition) is 3. The van der Waals surface area contributed by atoms with E-state index in [9.17, 15) is 9.59 Å². The normalized spacial score (nSPS) is 21.0. The van der Waals surface area contributed by atoms with Crippen molar-refractivity contribution in [2.45, 2.75) is 25.8 Å². The molecule has 1 amide bonds. The van der Waals surface area contributed by atoms with Gasteiger partial charge < -0.3 is 15.2 Å². The molecule has 1 aromatic carbocycles. The Balaban J connectivity index is 1.87. The number of amides is 1. The number of rotatable bonds is 5. The summed E-state index contributed by atoms with van der Waals surface area (Å²) in [6, 6.07) is 5.62. The first-order chi connectivity index (χ1) is 10.0. The van der Waals surface area contributed by atoms with E-state index >= 15 is 0 Å². The largest absolute Gasteiger partial charge is 0.496 e. The molecule has 2 N–H and O–H groups in total. The fourth-order valence-electron chi connectivity index (χ4n) is 2.60. The Morgan fingerprint density at radius 3 is 2.67 bits per heavy atom. The molecule has 6 heteroatoms. The second-order valence-electron chi connectivity index (χ2n) is 5.23. The highest BCUT2D eigenvalue weighted by molar-refractivity contribution is 9.10. The van der Waals surface area contributed by atoms with Crippen LogP contribution in [0, 0.1) is 11.8 Å². The van der Waals surface area contributed by atoms with Crippen molar-refractivity contribution in [3.8, 4) is 5.75 Å². The molecule has 21 heavy (non-hydrogen) atoms. The van der Waals surface area contributed by atoms with Crippen LogP contribution >= 0.6 is 15.9 Å². The number of hydrogen-bond donors (Lipinski definition) is 2. The van der Waals surface area contributed by atoms with Gasteiger partial charge in [0, 0.05) is 12.5 Å². The maximum atomic E-state index is 12.1. The van der Waals surface area contributed by atoms with E-state index < -0.39 is 5.97 Å².